The van der Waals surface area contributed by atoms with E-state index in [2.05, 4.69) is 15.5 Å². The first-order chi connectivity index (χ1) is 14.6. The van der Waals surface area contributed by atoms with Crippen molar-refractivity contribution in [2.75, 3.05) is 14.2 Å². The van der Waals surface area contributed by atoms with Crippen LogP contribution in [0.25, 0.3) is 6.08 Å². The van der Waals surface area contributed by atoms with Gasteiger partial charge in [0.1, 0.15) is 5.75 Å². The predicted molar refractivity (Wildman–Crippen MR) is 115 cm³/mol. The van der Waals surface area contributed by atoms with E-state index in [0.29, 0.717) is 22.8 Å². The zero-order chi connectivity index (χ0) is 21.3. The molecule has 3 aromatic rings. The summed E-state index contributed by atoms with van der Waals surface area (Å²) in [5, 5.41) is 13.8. The molecule has 0 radical (unpaired) electrons. The maximum Gasteiger partial charge on any atom is 0.272 e. The lowest BCUT2D eigenvalue weighted by Gasteiger charge is -2.08. The second-order valence-corrected chi connectivity index (χ2v) is 6.17. The van der Waals surface area contributed by atoms with Crippen LogP contribution in [-0.4, -0.2) is 35.9 Å². The molecule has 0 aliphatic rings. The molecule has 0 saturated carbocycles. The van der Waals surface area contributed by atoms with Crippen LogP contribution in [0.2, 0.25) is 0 Å². The maximum atomic E-state index is 12.3. The molecule has 0 saturated heterocycles. The average molecular weight is 403 g/mol. The van der Waals surface area contributed by atoms with Gasteiger partial charge in [0, 0.05) is 18.0 Å². The van der Waals surface area contributed by atoms with Gasteiger partial charge in [-0.15, -0.1) is 0 Å². The quantitative estimate of drug-likeness (QED) is 0.464. The number of amides is 1. The number of hydrazone groups is 1. The van der Waals surface area contributed by atoms with Crippen molar-refractivity contribution in [3.8, 4) is 17.2 Å². The number of phenolic OH excluding ortho intramolecular Hbond substituents is 1. The number of benzene rings is 2. The first-order valence-corrected chi connectivity index (χ1v) is 9.08. The Morgan fingerprint density at radius 2 is 1.80 bits per heavy atom. The second kappa shape index (κ2) is 9.88. The molecule has 7 nitrogen and oxygen atoms in total. The lowest BCUT2D eigenvalue weighted by molar-refractivity contribution is 0.0954. The Bertz CT molecular complexity index is 1060. The largest absolute Gasteiger partial charge is 0.508 e. The topological polar surface area (TPSA) is 93.0 Å². The molecular weight excluding hydrogens is 382 g/mol. The molecule has 30 heavy (non-hydrogen) atoms. The van der Waals surface area contributed by atoms with Crippen LogP contribution in [-0.2, 0) is 0 Å². The molecule has 152 valence electrons. The van der Waals surface area contributed by atoms with Crippen LogP contribution in [0.1, 0.15) is 21.5 Å². The Morgan fingerprint density at radius 3 is 2.47 bits per heavy atom. The fourth-order valence-electron chi connectivity index (χ4n) is 2.63. The van der Waals surface area contributed by atoms with E-state index in [0.717, 1.165) is 11.1 Å². The molecule has 7 heteroatoms. The third kappa shape index (κ3) is 5.23. The Kier molecular flexibility index (Phi) is 6.78. The van der Waals surface area contributed by atoms with Gasteiger partial charge in [0.2, 0.25) is 0 Å². The van der Waals surface area contributed by atoms with Crippen LogP contribution < -0.4 is 14.9 Å². The molecule has 0 aliphatic carbocycles. The van der Waals surface area contributed by atoms with E-state index in [1.54, 1.807) is 69.0 Å². The van der Waals surface area contributed by atoms with Crippen molar-refractivity contribution < 1.29 is 19.4 Å². The number of aromatic nitrogens is 1. The van der Waals surface area contributed by atoms with Gasteiger partial charge in [0.15, 0.2) is 11.5 Å². The number of aromatic hydroxyl groups is 1. The summed E-state index contributed by atoms with van der Waals surface area (Å²) in [6, 6.07) is 15.4. The molecular formula is C23H21N3O4. The summed E-state index contributed by atoms with van der Waals surface area (Å²) >= 11 is 0. The predicted octanol–water partition coefficient (Wildman–Crippen LogP) is 3.65. The van der Waals surface area contributed by atoms with Crippen LogP contribution in [0.4, 0.5) is 0 Å². The van der Waals surface area contributed by atoms with Crippen molar-refractivity contribution in [3.05, 3.63) is 89.8 Å². The Morgan fingerprint density at radius 1 is 1.03 bits per heavy atom. The van der Waals surface area contributed by atoms with Gasteiger partial charge in [-0.2, -0.15) is 5.10 Å². The molecule has 0 unspecified atom stereocenters. The van der Waals surface area contributed by atoms with Crippen molar-refractivity contribution in [1.29, 1.82) is 0 Å². The van der Waals surface area contributed by atoms with E-state index in [9.17, 15) is 9.90 Å². The third-order valence-electron chi connectivity index (χ3n) is 4.21. The smallest absolute Gasteiger partial charge is 0.272 e. The van der Waals surface area contributed by atoms with Gasteiger partial charge in [-0.25, -0.2) is 5.43 Å². The van der Waals surface area contributed by atoms with Gasteiger partial charge in [-0.1, -0.05) is 12.1 Å². The minimum absolute atomic E-state index is 0.140. The Hall–Kier alpha value is -4.13. The molecule has 0 atom stereocenters. The standard InChI is InChI=1S/C23H21N3O4/c1-29-21-12-6-16(14-22(21)30-2)5-11-20(17-7-9-19(27)10-8-17)25-26-23(28)18-4-3-13-24-15-18/h3-15,27H,1-2H3,(H,26,28)/b11-5+,25-20+. The summed E-state index contributed by atoms with van der Waals surface area (Å²) < 4.78 is 10.6. The zero-order valence-electron chi connectivity index (χ0n) is 16.6. The average Bonchev–Trinajstić information content (AvgIpc) is 2.80. The molecule has 0 fully saturated rings. The number of carbonyl (C=O) groups excluding carboxylic acids is 1. The summed E-state index contributed by atoms with van der Waals surface area (Å²) in [7, 11) is 3.15. The lowest BCUT2D eigenvalue weighted by Crippen LogP contribution is -2.19. The normalized spacial score (nSPS) is 11.3. The van der Waals surface area contributed by atoms with E-state index in [1.807, 2.05) is 18.2 Å². The number of hydrogen-bond acceptors (Lipinski definition) is 6. The molecule has 1 aromatic heterocycles. The highest BCUT2D eigenvalue weighted by molar-refractivity contribution is 6.11. The molecule has 0 bridgehead atoms. The van der Waals surface area contributed by atoms with Crippen LogP contribution in [0.5, 0.6) is 17.2 Å². The number of nitrogens with zero attached hydrogens (tertiary/aromatic N) is 2. The van der Waals surface area contributed by atoms with Crippen molar-refractivity contribution in [2.24, 2.45) is 5.10 Å². The lowest BCUT2D eigenvalue weighted by atomic mass is 10.1. The summed E-state index contributed by atoms with van der Waals surface area (Å²) in [5.74, 6) is 0.999. The highest BCUT2D eigenvalue weighted by Crippen LogP contribution is 2.28. The van der Waals surface area contributed by atoms with E-state index in [-0.39, 0.29) is 11.7 Å². The van der Waals surface area contributed by atoms with Gasteiger partial charge in [-0.05, 0) is 60.2 Å². The number of hydrogen-bond donors (Lipinski definition) is 2. The summed E-state index contributed by atoms with van der Waals surface area (Å²) in [6.07, 6.45) is 6.65. The van der Waals surface area contributed by atoms with Gasteiger partial charge in [0.25, 0.3) is 5.91 Å². The second-order valence-electron chi connectivity index (χ2n) is 6.17. The van der Waals surface area contributed by atoms with Crippen LogP contribution >= 0.6 is 0 Å². The Balaban J connectivity index is 1.89. The van der Waals surface area contributed by atoms with E-state index in [1.165, 1.54) is 6.20 Å². The zero-order valence-corrected chi connectivity index (χ0v) is 16.6. The van der Waals surface area contributed by atoms with E-state index >= 15 is 0 Å². The third-order valence-corrected chi connectivity index (χ3v) is 4.21. The van der Waals surface area contributed by atoms with Crippen molar-refractivity contribution >= 4 is 17.7 Å². The van der Waals surface area contributed by atoms with E-state index < -0.39 is 0 Å². The first kappa shape index (κ1) is 20.6. The molecule has 0 spiro atoms. The number of ether oxygens (including phenoxy) is 2. The van der Waals surface area contributed by atoms with Gasteiger partial charge < -0.3 is 14.6 Å². The molecule has 2 aromatic carbocycles. The molecule has 1 heterocycles. The maximum absolute atomic E-state index is 12.3. The van der Waals surface area contributed by atoms with Gasteiger partial charge >= 0.3 is 0 Å². The van der Waals surface area contributed by atoms with E-state index in [4.69, 9.17) is 9.47 Å². The van der Waals surface area contributed by atoms with Gasteiger partial charge in [0.05, 0.1) is 25.5 Å². The minimum Gasteiger partial charge on any atom is -0.508 e. The number of methoxy groups -OCH3 is 2. The van der Waals surface area contributed by atoms with Crippen LogP contribution in [0.3, 0.4) is 0 Å². The minimum atomic E-state index is -0.376. The number of carbonyl (C=O) groups is 1. The number of pyridine rings is 1. The fraction of sp³-hybridized carbons (Fsp3) is 0.0870. The number of rotatable bonds is 7. The Labute approximate surface area is 174 Å². The highest BCUT2D eigenvalue weighted by atomic mass is 16.5. The molecule has 0 aliphatic heterocycles. The van der Waals surface area contributed by atoms with Gasteiger partial charge in [-0.3, -0.25) is 9.78 Å². The molecule has 3 rings (SSSR count). The molecule has 2 N–H and O–H groups in total. The number of nitrogens with one attached hydrogen (secondary N) is 1. The SMILES string of the molecule is COc1ccc(/C=C/C(=N\NC(=O)c2cccnc2)c2ccc(O)cc2)cc1OC. The van der Waals surface area contributed by atoms with Crippen molar-refractivity contribution in [2.45, 2.75) is 0 Å². The fourth-order valence-corrected chi connectivity index (χ4v) is 2.63. The summed E-state index contributed by atoms with van der Waals surface area (Å²) in [6.45, 7) is 0. The van der Waals surface area contributed by atoms with Crippen molar-refractivity contribution in [1.82, 2.24) is 10.4 Å². The number of phenols is 1. The first-order valence-electron chi connectivity index (χ1n) is 9.08. The van der Waals surface area contributed by atoms with Crippen LogP contribution in [0, 0.1) is 0 Å². The summed E-state index contributed by atoms with van der Waals surface area (Å²) in [4.78, 5) is 16.2. The van der Waals surface area contributed by atoms with Crippen molar-refractivity contribution in [3.63, 3.8) is 0 Å². The number of allylic oxidation sites excluding steroid dienone is 1. The highest BCUT2D eigenvalue weighted by Gasteiger charge is 2.07. The molecule has 1 amide bonds. The summed E-state index contributed by atoms with van der Waals surface area (Å²) in [5.41, 5.74) is 5.02. The van der Waals surface area contributed by atoms with Crippen LogP contribution in [0.15, 0.2) is 78.2 Å². The monoisotopic (exact) mass is 403 g/mol.